The van der Waals surface area contributed by atoms with Gasteiger partial charge in [0.2, 0.25) is 5.91 Å². The van der Waals surface area contributed by atoms with E-state index in [-0.39, 0.29) is 17.9 Å². The van der Waals surface area contributed by atoms with Crippen LogP contribution in [0.2, 0.25) is 0 Å². The highest BCUT2D eigenvalue weighted by Crippen LogP contribution is 2.15. The third kappa shape index (κ3) is 4.85. The molecule has 0 aliphatic rings. The molecule has 5 nitrogen and oxygen atoms in total. The monoisotopic (exact) mass is 264 g/mol. The van der Waals surface area contributed by atoms with E-state index < -0.39 is 0 Å². The Kier molecular flexibility index (Phi) is 5.27. The number of hydrogen-bond donors (Lipinski definition) is 1. The third-order valence-electron chi connectivity index (χ3n) is 2.60. The summed E-state index contributed by atoms with van der Waals surface area (Å²) in [5.74, 6) is 1.87. The molecule has 0 aliphatic heterocycles. The molecule has 1 aromatic heterocycles. The highest BCUT2D eigenvalue weighted by atomic mass is 16.2. The molecular weight excluding hydrogens is 240 g/mol. The molecule has 0 spiro atoms. The largest absolute Gasteiger partial charge is 0.352 e. The molecule has 1 amide bonds. The van der Waals surface area contributed by atoms with Crippen LogP contribution in [0.15, 0.2) is 6.07 Å². The van der Waals surface area contributed by atoms with Crippen molar-refractivity contribution in [1.82, 2.24) is 15.3 Å². The molecule has 0 bridgehead atoms. The molecule has 19 heavy (non-hydrogen) atoms. The minimum absolute atomic E-state index is 0.000128. The van der Waals surface area contributed by atoms with Gasteiger partial charge in [0.05, 0.1) is 6.54 Å². The van der Waals surface area contributed by atoms with Crippen LogP contribution in [0.1, 0.15) is 45.1 Å². The minimum Gasteiger partial charge on any atom is -0.352 e. The number of hydrogen-bond acceptors (Lipinski definition) is 4. The first-order valence-electron chi connectivity index (χ1n) is 6.65. The van der Waals surface area contributed by atoms with E-state index in [0.717, 1.165) is 17.3 Å². The van der Waals surface area contributed by atoms with E-state index in [4.69, 9.17) is 0 Å². The van der Waals surface area contributed by atoms with Crippen molar-refractivity contribution in [2.24, 2.45) is 0 Å². The average molecular weight is 264 g/mol. The number of amides is 1. The molecule has 106 valence electrons. The predicted molar refractivity (Wildman–Crippen MR) is 77.4 cm³/mol. The first-order valence-corrected chi connectivity index (χ1v) is 6.65. The number of rotatable bonds is 5. The fourth-order valence-corrected chi connectivity index (χ4v) is 1.69. The van der Waals surface area contributed by atoms with Crippen LogP contribution in [0.25, 0.3) is 0 Å². The topological polar surface area (TPSA) is 58.1 Å². The molecule has 0 fully saturated rings. The van der Waals surface area contributed by atoms with Crippen molar-refractivity contribution in [2.75, 3.05) is 18.5 Å². The Hall–Kier alpha value is -1.65. The molecule has 0 aliphatic carbocycles. The summed E-state index contributed by atoms with van der Waals surface area (Å²) in [6, 6.07) is 2.05. The van der Waals surface area contributed by atoms with Crippen molar-refractivity contribution < 1.29 is 4.79 Å². The number of likely N-dealkylation sites (N-methyl/N-ethyl adjacent to an activating group) is 1. The summed E-state index contributed by atoms with van der Waals surface area (Å²) in [5, 5.41) is 2.87. The first kappa shape index (κ1) is 15.4. The second-order valence-corrected chi connectivity index (χ2v) is 5.46. The molecule has 1 rings (SSSR count). The highest BCUT2D eigenvalue weighted by molar-refractivity contribution is 5.81. The Morgan fingerprint density at radius 3 is 2.47 bits per heavy atom. The van der Waals surface area contributed by atoms with Crippen LogP contribution in [0.3, 0.4) is 0 Å². The van der Waals surface area contributed by atoms with Crippen LogP contribution < -0.4 is 10.2 Å². The van der Waals surface area contributed by atoms with Gasteiger partial charge in [0, 0.05) is 30.8 Å². The fourth-order valence-electron chi connectivity index (χ4n) is 1.69. The highest BCUT2D eigenvalue weighted by Gasteiger charge is 2.12. The van der Waals surface area contributed by atoms with Gasteiger partial charge in [-0.3, -0.25) is 4.79 Å². The summed E-state index contributed by atoms with van der Waals surface area (Å²) in [4.78, 5) is 22.5. The zero-order valence-electron chi connectivity index (χ0n) is 12.7. The van der Waals surface area contributed by atoms with Crippen LogP contribution in [0.5, 0.6) is 0 Å². The zero-order chi connectivity index (χ0) is 14.6. The summed E-state index contributed by atoms with van der Waals surface area (Å²) in [6.45, 7) is 10.3. The maximum absolute atomic E-state index is 11.7. The molecule has 5 heteroatoms. The molecule has 0 radical (unpaired) electrons. The second kappa shape index (κ2) is 6.50. The Balaban J connectivity index is 2.81. The predicted octanol–water partition coefficient (Wildman–Crippen LogP) is 1.87. The lowest BCUT2D eigenvalue weighted by molar-refractivity contribution is -0.120. The van der Waals surface area contributed by atoms with Gasteiger partial charge < -0.3 is 10.2 Å². The number of carbonyl (C=O) groups excluding carboxylic acids is 1. The molecule has 1 N–H and O–H groups in total. The Morgan fingerprint density at radius 1 is 1.32 bits per heavy atom. The zero-order valence-corrected chi connectivity index (χ0v) is 12.7. The van der Waals surface area contributed by atoms with E-state index in [9.17, 15) is 4.79 Å². The van der Waals surface area contributed by atoms with E-state index in [1.165, 1.54) is 0 Å². The van der Waals surface area contributed by atoms with Crippen LogP contribution in [-0.4, -0.2) is 35.5 Å². The normalized spacial score (nSPS) is 10.9. The molecular formula is C14H24N4O. The lowest BCUT2D eigenvalue weighted by Gasteiger charge is -2.20. The van der Waals surface area contributed by atoms with Crippen LogP contribution in [-0.2, 0) is 4.79 Å². The van der Waals surface area contributed by atoms with Gasteiger partial charge in [0.1, 0.15) is 11.6 Å². The van der Waals surface area contributed by atoms with Gasteiger partial charge in [-0.05, 0) is 20.8 Å². The van der Waals surface area contributed by atoms with Crippen molar-refractivity contribution in [1.29, 1.82) is 0 Å². The van der Waals surface area contributed by atoms with E-state index in [0.29, 0.717) is 6.54 Å². The number of aryl methyl sites for hydroxylation is 1. The number of nitrogens with one attached hydrogen (secondary N) is 1. The van der Waals surface area contributed by atoms with Crippen LogP contribution in [0, 0.1) is 6.92 Å². The van der Waals surface area contributed by atoms with Crippen molar-refractivity contribution in [3.8, 4) is 0 Å². The molecule has 0 atom stereocenters. The molecule has 0 saturated carbocycles. The summed E-state index contributed by atoms with van der Waals surface area (Å²) in [6.07, 6.45) is 0. The summed E-state index contributed by atoms with van der Waals surface area (Å²) in [5.41, 5.74) is 0.921. The maximum atomic E-state index is 11.7. The van der Waals surface area contributed by atoms with Gasteiger partial charge in [-0.1, -0.05) is 13.8 Å². The van der Waals surface area contributed by atoms with E-state index in [1.807, 2.05) is 38.8 Å². The number of aromatic nitrogens is 2. The number of nitrogens with zero attached hydrogens (tertiary/aromatic N) is 3. The summed E-state index contributed by atoms with van der Waals surface area (Å²) < 4.78 is 0. The summed E-state index contributed by atoms with van der Waals surface area (Å²) in [7, 11) is 1.87. The SMILES string of the molecule is Cc1cc(N(C)CC(=O)NC(C)C)nc(C(C)C)n1. The van der Waals surface area contributed by atoms with Gasteiger partial charge in [-0.15, -0.1) is 0 Å². The first-order chi connectivity index (χ1) is 8.79. The molecule has 0 unspecified atom stereocenters. The molecule has 0 aromatic carbocycles. The van der Waals surface area contributed by atoms with E-state index >= 15 is 0 Å². The minimum atomic E-state index is -0.000128. The maximum Gasteiger partial charge on any atom is 0.239 e. The van der Waals surface area contributed by atoms with Crippen LogP contribution >= 0.6 is 0 Å². The van der Waals surface area contributed by atoms with Gasteiger partial charge in [0.25, 0.3) is 0 Å². The lowest BCUT2D eigenvalue weighted by Crippen LogP contribution is -2.39. The number of carbonyl (C=O) groups is 1. The standard InChI is InChI=1S/C14H24N4O/c1-9(2)14-16-11(5)7-12(17-14)18(6)8-13(19)15-10(3)4/h7,9-10H,8H2,1-6H3,(H,15,19). The van der Waals surface area contributed by atoms with Crippen molar-refractivity contribution >= 4 is 11.7 Å². The molecule has 1 aromatic rings. The number of anilines is 1. The van der Waals surface area contributed by atoms with E-state index in [2.05, 4.69) is 29.1 Å². The Bertz CT molecular complexity index is 443. The Labute approximate surface area is 115 Å². The Morgan fingerprint density at radius 2 is 1.95 bits per heavy atom. The van der Waals surface area contributed by atoms with Gasteiger partial charge in [-0.25, -0.2) is 9.97 Å². The van der Waals surface area contributed by atoms with Crippen molar-refractivity contribution in [3.63, 3.8) is 0 Å². The summed E-state index contributed by atoms with van der Waals surface area (Å²) >= 11 is 0. The molecule has 0 saturated heterocycles. The second-order valence-electron chi connectivity index (χ2n) is 5.46. The van der Waals surface area contributed by atoms with E-state index in [1.54, 1.807) is 0 Å². The van der Waals surface area contributed by atoms with Crippen molar-refractivity contribution in [2.45, 2.75) is 46.6 Å². The average Bonchev–Trinajstić information content (AvgIpc) is 2.26. The lowest BCUT2D eigenvalue weighted by atomic mass is 10.2. The van der Waals surface area contributed by atoms with Crippen molar-refractivity contribution in [3.05, 3.63) is 17.6 Å². The fraction of sp³-hybridized carbons (Fsp3) is 0.643. The smallest absolute Gasteiger partial charge is 0.239 e. The van der Waals surface area contributed by atoms with Gasteiger partial charge >= 0.3 is 0 Å². The quantitative estimate of drug-likeness (QED) is 0.882. The van der Waals surface area contributed by atoms with Gasteiger partial charge in [0.15, 0.2) is 0 Å². The third-order valence-corrected chi connectivity index (χ3v) is 2.60. The molecule has 1 heterocycles. The van der Waals surface area contributed by atoms with Crippen LogP contribution in [0.4, 0.5) is 5.82 Å². The van der Waals surface area contributed by atoms with Gasteiger partial charge in [-0.2, -0.15) is 0 Å².